The molecular formula is C7H11NO5. The number of amides is 1. The highest BCUT2D eigenvalue weighted by molar-refractivity contribution is 5.73. The van der Waals surface area contributed by atoms with Gasteiger partial charge in [0.05, 0.1) is 6.10 Å². The van der Waals surface area contributed by atoms with Gasteiger partial charge < -0.3 is 20.2 Å². The van der Waals surface area contributed by atoms with Gasteiger partial charge in [0, 0.05) is 13.1 Å². The number of likely N-dealkylation sites (tertiary alicyclic amines) is 1. The Bertz CT molecular complexity index is 229. The molecule has 1 amide bonds. The van der Waals surface area contributed by atoms with E-state index < -0.39 is 24.1 Å². The molecule has 3 N–H and O–H groups in total. The fourth-order valence-corrected chi connectivity index (χ4v) is 1.36. The number of piperidine rings is 1. The molecule has 0 aromatic carbocycles. The van der Waals surface area contributed by atoms with Gasteiger partial charge >= 0.3 is 12.1 Å². The van der Waals surface area contributed by atoms with E-state index in [2.05, 4.69) is 0 Å². The maximum Gasteiger partial charge on any atom is 0.407 e. The monoisotopic (exact) mass is 189 g/mol. The van der Waals surface area contributed by atoms with E-state index in [1.54, 1.807) is 0 Å². The summed E-state index contributed by atoms with van der Waals surface area (Å²) < 4.78 is 0. The largest absolute Gasteiger partial charge is 0.481 e. The van der Waals surface area contributed by atoms with Crippen LogP contribution in [0.5, 0.6) is 0 Å². The first-order chi connectivity index (χ1) is 6.02. The lowest BCUT2D eigenvalue weighted by atomic mass is 9.95. The van der Waals surface area contributed by atoms with Gasteiger partial charge in [-0.15, -0.1) is 0 Å². The molecule has 0 aromatic rings. The SMILES string of the molecule is O=C(O)C1CN(C(=O)O)CCC1O. The van der Waals surface area contributed by atoms with Gasteiger partial charge in [-0.05, 0) is 6.42 Å². The second-order valence-corrected chi connectivity index (χ2v) is 3.03. The van der Waals surface area contributed by atoms with Gasteiger partial charge in [-0.25, -0.2) is 4.79 Å². The van der Waals surface area contributed by atoms with Crippen molar-refractivity contribution >= 4 is 12.1 Å². The zero-order valence-electron chi connectivity index (χ0n) is 6.88. The van der Waals surface area contributed by atoms with Crippen molar-refractivity contribution < 1.29 is 24.9 Å². The summed E-state index contributed by atoms with van der Waals surface area (Å²) in [5.41, 5.74) is 0. The third kappa shape index (κ3) is 2.09. The Morgan fingerprint density at radius 1 is 1.31 bits per heavy atom. The van der Waals surface area contributed by atoms with Crippen LogP contribution < -0.4 is 0 Å². The van der Waals surface area contributed by atoms with E-state index in [4.69, 9.17) is 10.2 Å². The summed E-state index contributed by atoms with van der Waals surface area (Å²) in [5.74, 6) is -2.15. The summed E-state index contributed by atoms with van der Waals surface area (Å²) in [4.78, 5) is 22.0. The molecule has 1 aliphatic heterocycles. The zero-order valence-corrected chi connectivity index (χ0v) is 6.88. The predicted molar refractivity (Wildman–Crippen MR) is 41.3 cm³/mol. The Kier molecular flexibility index (Phi) is 2.72. The highest BCUT2D eigenvalue weighted by atomic mass is 16.4. The number of carboxylic acid groups (broad SMARTS) is 2. The number of nitrogens with zero attached hydrogens (tertiary/aromatic N) is 1. The van der Waals surface area contributed by atoms with E-state index in [9.17, 15) is 14.7 Å². The topological polar surface area (TPSA) is 98.1 Å². The van der Waals surface area contributed by atoms with Gasteiger partial charge in [-0.1, -0.05) is 0 Å². The van der Waals surface area contributed by atoms with E-state index in [-0.39, 0.29) is 19.5 Å². The van der Waals surface area contributed by atoms with Crippen molar-refractivity contribution in [1.82, 2.24) is 4.90 Å². The van der Waals surface area contributed by atoms with Crippen LogP contribution in [0.15, 0.2) is 0 Å². The number of aliphatic carboxylic acids is 1. The summed E-state index contributed by atoms with van der Waals surface area (Å²) in [6.07, 6.45) is -1.89. The third-order valence-electron chi connectivity index (χ3n) is 2.16. The van der Waals surface area contributed by atoms with E-state index in [0.29, 0.717) is 0 Å². The number of carbonyl (C=O) groups is 2. The number of carboxylic acids is 1. The van der Waals surface area contributed by atoms with Crippen molar-refractivity contribution in [3.63, 3.8) is 0 Å². The van der Waals surface area contributed by atoms with Gasteiger partial charge in [0.25, 0.3) is 0 Å². The van der Waals surface area contributed by atoms with Crippen LogP contribution in [0.3, 0.4) is 0 Å². The lowest BCUT2D eigenvalue weighted by Gasteiger charge is -2.31. The van der Waals surface area contributed by atoms with Gasteiger partial charge in [0.15, 0.2) is 0 Å². The molecule has 2 unspecified atom stereocenters. The molecule has 1 heterocycles. The fraction of sp³-hybridized carbons (Fsp3) is 0.714. The second kappa shape index (κ2) is 3.61. The minimum Gasteiger partial charge on any atom is -0.481 e. The van der Waals surface area contributed by atoms with Crippen LogP contribution in [0.2, 0.25) is 0 Å². The predicted octanol–water partition coefficient (Wildman–Crippen LogP) is -0.568. The molecule has 0 bridgehead atoms. The molecule has 0 radical (unpaired) electrons. The van der Waals surface area contributed by atoms with Gasteiger partial charge in [0.2, 0.25) is 0 Å². The molecule has 2 atom stereocenters. The summed E-state index contributed by atoms with van der Waals surface area (Å²) in [7, 11) is 0. The summed E-state index contributed by atoms with van der Waals surface area (Å²) in [5, 5.41) is 26.4. The van der Waals surface area contributed by atoms with Crippen LogP contribution in [0.4, 0.5) is 4.79 Å². The van der Waals surface area contributed by atoms with E-state index >= 15 is 0 Å². The average molecular weight is 189 g/mol. The minimum absolute atomic E-state index is 0.133. The number of aliphatic hydroxyl groups is 1. The first-order valence-corrected chi connectivity index (χ1v) is 3.91. The fourth-order valence-electron chi connectivity index (χ4n) is 1.36. The van der Waals surface area contributed by atoms with Crippen LogP contribution in [0.1, 0.15) is 6.42 Å². The maximum absolute atomic E-state index is 10.6. The molecule has 13 heavy (non-hydrogen) atoms. The van der Waals surface area contributed by atoms with Crippen molar-refractivity contribution in [2.45, 2.75) is 12.5 Å². The molecular weight excluding hydrogens is 178 g/mol. The van der Waals surface area contributed by atoms with Gasteiger partial charge in [0.1, 0.15) is 5.92 Å². The lowest BCUT2D eigenvalue weighted by molar-refractivity contribution is -0.148. The molecule has 0 saturated carbocycles. The van der Waals surface area contributed by atoms with Crippen molar-refractivity contribution in [3.8, 4) is 0 Å². The Morgan fingerprint density at radius 3 is 2.38 bits per heavy atom. The highest BCUT2D eigenvalue weighted by Gasteiger charge is 2.34. The second-order valence-electron chi connectivity index (χ2n) is 3.03. The molecule has 6 nitrogen and oxygen atoms in total. The number of aliphatic hydroxyl groups excluding tert-OH is 1. The van der Waals surface area contributed by atoms with Crippen LogP contribution in [-0.4, -0.2) is 51.5 Å². The minimum atomic E-state index is -1.15. The molecule has 0 aliphatic carbocycles. The van der Waals surface area contributed by atoms with Crippen LogP contribution >= 0.6 is 0 Å². The maximum atomic E-state index is 10.6. The standard InChI is InChI=1S/C7H11NO5/c9-5-1-2-8(7(12)13)3-4(5)6(10)11/h4-5,9H,1-3H2,(H,10,11)(H,12,13). The van der Waals surface area contributed by atoms with E-state index in [1.165, 1.54) is 0 Å². The van der Waals surface area contributed by atoms with Crippen molar-refractivity contribution in [2.24, 2.45) is 5.92 Å². The zero-order chi connectivity index (χ0) is 10.0. The average Bonchev–Trinajstić information content (AvgIpc) is 2.04. The molecule has 1 saturated heterocycles. The van der Waals surface area contributed by atoms with Crippen molar-refractivity contribution in [2.75, 3.05) is 13.1 Å². The first kappa shape index (κ1) is 9.79. The van der Waals surface area contributed by atoms with Crippen LogP contribution in [-0.2, 0) is 4.79 Å². The molecule has 0 spiro atoms. The Hall–Kier alpha value is -1.30. The summed E-state index contributed by atoms with van der Waals surface area (Å²) in [6.45, 7) is 0.0616. The normalized spacial score (nSPS) is 28.5. The number of hydrogen-bond acceptors (Lipinski definition) is 3. The molecule has 6 heteroatoms. The Morgan fingerprint density at radius 2 is 1.92 bits per heavy atom. The molecule has 1 aliphatic rings. The smallest absolute Gasteiger partial charge is 0.407 e. The lowest BCUT2D eigenvalue weighted by Crippen LogP contribution is -2.48. The third-order valence-corrected chi connectivity index (χ3v) is 2.16. The Balaban J connectivity index is 2.63. The molecule has 1 rings (SSSR count). The van der Waals surface area contributed by atoms with Crippen molar-refractivity contribution in [3.05, 3.63) is 0 Å². The summed E-state index contributed by atoms with van der Waals surface area (Å²) in [6, 6.07) is 0. The quantitative estimate of drug-likeness (QED) is 0.513. The first-order valence-electron chi connectivity index (χ1n) is 3.91. The molecule has 1 fully saturated rings. The van der Waals surface area contributed by atoms with E-state index in [0.717, 1.165) is 4.90 Å². The number of hydrogen-bond donors (Lipinski definition) is 3. The highest BCUT2D eigenvalue weighted by Crippen LogP contribution is 2.17. The molecule has 74 valence electrons. The van der Waals surface area contributed by atoms with Gasteiger partial charge in [-0.2, -0.15) is 0 Å². The van der Waals surface area contributed by atoms with E-state index in [1.807, 2.05) is 0 Å². The number of rotatable bonds is 1. The van der Waals surface area contributed by atoms with Crippen LogP contribution in [0, 0.1) is 5.92 Å². The van der Waals surface area contributed by atoms with Crippen molar-refractivity contribution in [1.29, 1.82) is 0 Å². The van der Waals surface area contributed by atoms with Crippen LogP contribution in [0.25, 0.3) is 0 Å². The summed E-state index contributed by atoms with van der Waals surface area (Å²) >= 11 is 0. The molecule has 0 aromatic heterocycles. The van der Waals surface area contributed by atoms with Gasteiger partial charge in [-0.3, -0.25) is 4.79 Å². The Labute approximate surface area is 74.4 Å².